The van der Waals surface area contributed by atoms with Gasteiger partial charge in [-0.3, -0.25) is 0 Å². The molecule has 1 unspecified atom stereocenters. The van der Waals surface area contributed by atoms with E-state index in [-0.39, 0.29) is 5.92 Å². The van der Waals surface area contributed by atoms with Crippen LogP contribution in [-0.4, -0.2) is 21.1 Å². The molecular formula is C14H17NO3. The Balaban J connectivity index is 0.000000492. The molecule has 0 aliphatic heterocycles. The van der Waals surface area contributed by atoms with Crippen molar-refractivity contribution < 1.29 is 15.3 Å². The van der Waals surface area contributed by atoms with E-state index in [0.717, 1.165) is 18.2 Å². The van der Waals surface area contributed by atoms with E-state index in [2.05, 4.69) is 0 Å². The molecule has 0 saturated heterocycles. The van der Waals surface area contributed by atoms with Gasteiger partial charge in [0.1, 0.15) is 0 Å². The molecule has 1 atom stereocenters. The molecule has 0 saturated carbocycles. The van der Waals surface area contributed by atoms with Gasteiger partial charge in [-0.15, -0.1) is 0 Å². The lowest BCUT2D eigenvalue weighted by Gasteiger charge is -2.31. The van der Waals surface area contributed by atoms with Gasteiger partial charge in [-0.05, 0) is 18.4 Å². The van der Waals surface area contributed by atoms with Gasteiger partial charge in [0.05, 0.1) is 0 Å². The number of hydrogen-bond donors (Lipinski definition) is 3. The second-order valence-electron chi connectivity index (χ2n) is 4.25. The van der Waals surface area contributed by atoms with Crippen molar-refractivity contribution in [3.63, 3.8) is 0 Å². The van der Waals surface area contributed by atoms with Crippen molar-refractivity contribution in [2.45, 2.75) is 25.6 Å². The van der Waals surface area contributed by atoms with Gasteiger partial charge >= 0.3 is 0 Å². The van der Waals surface area contributed by atoms with Crippen LogP contribution in [0.1, 0.15) is 19.8 Å². The van der Waals surface area contributed by atoms with Crippen molar-refractivity contribution in [1.29, 1.82) is 5.26 Å². The second-order valence-corrected chi connectivity index (χ2v) is 4.25. The first kappa shape index (κ1) is 14.2. The molecule has 0 radical (unpaired) electrons. The van der Waals surface area contributed by atoms with E-state index in [1.54, 1.807) is 6.08 Å². The van der Waals surface area contributed by atoms with Crippen molar-refractivity contribution in [2.75, 3.05) is 0 Å². The Morgan fingerprint density at radius 1 is 1.22 bits per heavy atom. The summed E-state index contributed by atoms with van der Waals surface area (Å²) < 4.78 is 0. The Bertz CT molecular complexity index is 450. The van der Waals surface area contributed by atoms with Crippen LogP contribution in [0.15, 0.2) is 47.6 Å². The van der Waals surface area contributed by atoms with Crippen LogP contribution in [0.3, 0.4) is 0 Å². The first-order valence-electron chi connectivity index (χ1n) is 5.73. The van der Waals surface area contributed by atoms with Gasteiger partial charge < -0.3 is 15.3 Å². The minimum absolute atomic E-state index is 0.251. The summed E-state index contributed by atoms with van der Waals surface area (Å²) in [6, 6.07) is 0. The Morgan fingerprint density at radius 2 is 1.78 bits per heavy atom. The molecule has 0 amide bonds. The Labute approximate surface area is 106 Å². The van der Waals surface area contributed by atoms with E-state index >= 15 is 0 Å². The summed E-state index contributed by atoms with van der Waals surface area (Å²) in [7, 11) is 0. The summed E-state index contributed by atoms with van der Waals surface area (Å²) in [6.07, 6.45) is 13.8. The van der Waals surface area contributed by atoms with Crippen LogP contribution in [-0.2, 0) is 0 Å². The highest BCUT2D eigenvalue weighted by Gasteiger charge is 2.37. The molecule has 3 N–H and O–H groups in total. The number of nitrogens with zero attached hydrogens (tertiary/aromatic N) is 1. The number of hydrogen-bond acceptors (Lipinski definition) is 4. The maximum atomic E-state index is 10.1. The number of aliphatic hydroxyl groups excluding tert-OH is 1. The molecule has 2 aliphatic carbocycles. The van der Waals surface area contributed by atoms with Gasteiger partial charge in [-0.25, -0.2) is 0 Å². The average molecular weight is 247 g/mol. The minimum Gasteiger partial charge on any atom is -0.443 e. The summed E-state index contributed by atoms with van der Waals surface area (Å²) >= 11 is 0. The van der Waals surface area contributed by atoms with E-state index in [1.165, 1.54) is 0 Å². The van der Waals surface area contributed by atoms with Crippen molar-refractivity contribution in [3.05, 3.63) is 47.6 Å². The van der Waals surface area contributed by atoms with E-state index in [0.29, 0.717) is 12.0 Å². The van der Waals surface area contributed by atoms with E-state index in [9.17, 15) is 10.2 Å². The smallest absolute Gasteiger partial charge is 0.283 e. The molecule has 96 valence electrons. The van der Waals surface area contributed by atoms with Crippen LogP contribution in [0.2, 0.25) is 0 Å². The van der Waals surface area contributed by atoms with Crippen molar-refractivity contribution in [2.24, 2.45) is 5.92 Å². The highest BCUT2D eigenvalue weighted by atomic mass is 16.5. The molecule has 0 aromatic rings. The van der Waals surface area contributed by atoms with Gasteiger partial charge in [0.25, 0.3) is 6.26 Å². The summed E-state index contributed by atoms with van der Waals surface area (Å²) in [5, 5.41) is 34.0. The molecule has 0 heterocycles. The molecule has 18 heavy (non-hydrogen) atoms. The lowest BCUT2D eigenvalue weighted by atomic mass is 9.86. The molecule has 4 heteroatoms. The summed E-state index contributed by atoms with van der Waals surface area (Å²) in [6.45, 7) is 1.86. The minimum atomic E-state index is -1.71. The van der Waals surface area contributed by atoms with Gasteiger partial charge in [0.15, 0.2) is 5.79 Å². The number of rotatable bonds is 3. The molecule has 4 nitrogen and oxygen atoms in total. The SMILES string of the molecule is CC(C1=CC=CC1)C(O)(O)C1=CC=CC1.N#CO. The summed E-state index contributed by atoms with van der Waals surface area (Å²) in [5.41, 5.74) is 1.76. The molecule has 0 spiro atoms. The zero-order valence-electron chi connectivity index (χ0n) is 10.2. The molecule has 0 fully saturated rings. The van der Waals surface area contributed by atoms with Crippen LogP contribution in [0.4, 0.5) is 0 Å². The monoisotopic (exact) mass is 247 g/mol. The quantitative estimate of drug-likeness (QED) is 0.525. The first-order chi connectivity index (χ1) is 8.54. The van der Waals surface area contributed by atoms with Crippen LogP contribution in [0.5, 0.6) is 0 Å². The third-order valence-electron chi connectivity index (χ3n) is 3.20. The maximum Gasteiger partial charge on any atom is 0.283 e. The fourth-order valence-corrected chi connectivity index (χ4v) is 2.04. The topological polar surface area (TPSA) is 84.5 Å². The zero-order valence-corrected chi connectivity index (χ0v) is 10.2. The van der Waals surface area contributed by atoms with Crippen LogP contribution >= 0.6 is 0 Å². The van der Waals surface area contributed by atoms with E-state index in [1.807, 2.05) is 37.3 Å². The predicted molar refractivity (Wildman–Crippen MR) is 67.6 cm³/mol. The summed E-state index contributed by atoms with van der Waals surface area (Å²) in [5.74, 6) is -1.96. The largest absolute Gasteiger partial charge is 0.443 e. The van der Waals surface area contributed by atoms with Crippen LogP contribution < -0.4 is 0 Å². The summed E-state index contributed by atoms with van der Waals surface area (Å²) in [4.78, 5) is 0. The standard InChI is InChI=1S/C13H16O2.CHNO/c1-10(11-6-2-3-7-11)13(14,15)12-8-4-5-9-12;2-1-3/h2-6,8,10,14-15H,7,9H2,1H3;3H. The van der Waals surface area contributed by atoms with Gasteiger partial charge in [-0.2, -0.15) is 5.26 Å². The lowest BCUT2D eigenvalue weighted by Crippen LogP contribution is -2.38. The Morgan fingerprint density at radius 3 is 2.22 bits per heavy atom. The Hall–Kier alpha value is -1.83. The molecule has 0 bridgehead atoms. The van der Waals surface area contributed by atoms with Crippen LogP contribution in [0, 0.1) is 17.4 Å². The van der Waals surface area contributed by atoms with Crippen molar-refractivity contribution in [3.8, 4) is 6.26 Å². The molecule has 0 aromatic carbocycles. The Kier molecular flexibility index (Phi) is 4.90. The molecule has 0 aromatic heterocycles. The van der Waals surface area contributed by atoms with Crippen molar-refractivity contribution in [1.82, 2.24) is 0 Å². The normalized spacial score (nSPS) is 18.6. The molecule has 2 rings (SSSR count). The van der Waals surface area contributed by atoms with Crippen LogP contribution in [0.25, 0.3) is 0 Å². The van der Waals surface area contributed by atoms with Gasteiger partial charge in [-0.1, -0.05) is 49.0 Å². The first-order valence-corrected chi connectivity index (χ1v) is 5.73. The highest BCUT2D eigenvalue weighted by Crippen LogP contribution is 2.35. The lowest BCUT2D eigenvalue weighted by molar-refractivity contribution is -0.156. The maximum absolute atomic E-state index is 10.1. The highest BCUT2D eigenvalue weighted by molar-refractivity contribution is 5.34. The average Bonchev–Trinajstić information content (AvgIpc) is 3.02. The zero-order chi connectivity index (χ0) is 13.6. The fourth-order valence-electron chi connectivity index (χ4n) is 2.04. The van der Waals surface area contributed by atoms with Crippen molar-refractivity contribution >= 4 is 0 Å². The fraction of sp³-hybridized carbons (Fsp3) is 0.357. The second kappa shape index (κ2) is 6.20. The third kappa shape index (κ3) is 3.10. The van der Waals surface area contributed by atoms with Gasteiger partial charge in [0, 0.05) is 5.92 Å². The third-order valence-corrected chi connectivity index (χ3v) is 3.20. The van der Waals surface area contributed by atoms with E-state index in [4.69, 9.17) is 10.4 Å². The number of nitriles is 1. The number of allylic oxidation sites excluding steroid dienone is 6. The molecular weight excluding hydrogens is 230 g/mol. The number of aliphatic hydroxyl groups is 3. The van der Waals surface area contributed by atoms with Gasteiger partial charge in [0.2, 0.25) is 0 Å². The predicted octanol–water partition coefficient (Wildman–Crippen LogP) is 1.92. The van der Waals surface area contributed by atoms with E-state index < -0.39 is 5.79 Å². The molecule has 2 aliphatic rings.